The van der Waals surface area contributed by atoms with Crippen molar-refractivity contribution >= 4 is 15.7 Å². The lowest BCUT2D eigenvalue weighted by Crippen LogP contribution is -2.29. The number of nitrogens with two attached hydrogens (primary N) is 1. The largest absolute Gasteiger partial charge is 0.399 e. The molecule has 88 valence electrons. The van der Waals surface area contributed by atoms with Crippen LogP contribution in [0.15, 0.2) is 29.2 Å². The van der Waals surface area contributed by atoms with E-state index >= 15 is 0 Å². The van der Waals surface area contributed by atoms with Crippen LogP contribution in [0.4, 0.5) is 5.69 Å². The van der Waals surface area contributed by atoms with Gasteiger partial charge >= 0.3 is 0 Å². The molecule has 1 atom stereocenters. The van der Waals surface area contributed by atoms with Crippen LogP contribution in [0.25, 0.3) is 0 Å². The van der Waals surface area contributed by atoms with Crippen LogP contribution in [-0.4, -0.2) is 37.0 Å². The van der Waals surface area contributed by atoms with Crippen LogP contribution in [-0.2, 0) is 10.0 Å². The second-order valence-electron chi connectivity index (χ2n) is 3.88. The zero-order valence-corrected chi connectivity index (χ0v) is 9.52. The number of aliphatic hydroxyl groups is 1. The van der Waals surface area contributed by atoms with Gasteiger partial charge in [0.25, 0.3) is 0 Å². The smallest absolute Gasteiger partial charge is 0.243 e. The number of anilines is 1. The summed E-state index contributed by atoms with van der Waals surface area (Å²) in [6, 6.07) is 6.18. The first-order valence-corrected chi connectivity index (χ1v) is 6.48. The highest BCUT2D eigenvalue weighted by Crippen LogP contribution is 2.22. The van der Waals surface area contributed by atoms with Gasteiger partial charge in [0.1, 0.15) is 0 Å². The highest BCUT2D eigenvalue weighted by Gasteiger charge is 2.31. The average molecular weight is 242 g/mol. The maximum absolute atomic E-state index is 12.1. The van der Waals surface area contributed by atoms with Crippen molar-refractivity contribution in [3.63, 3.8) is 0 Å². The Morgan fingerprint density at radius 3 is 2.75 bits per heavy atom. The number of hydrogen-bond donors (Lipinski definition) is 2. The van der Waals surface area contributed by atoms with Crippen molar-refractivity contribution in [2.45, 2.75) is 17.4 Å². The molecule has 0 aromatic heterocycles. The van der Waals surface area contributed by atoms with Gasteiger partial charge in [-0.15, -0.1) is 0 Å². The van der Waals surface area contributed by atoms with Crippen molar-refractivity contribution in [2.24, 2.45) is 0 Å². The molecule has 16 heavy (non-hydrogen) atoms. The van der Waals surface area contributed by atoms with Crippen molar-refractivity contribution in [1.82, 2.24) is 4.31 Å². The van der Waals surface area contributed by atoms with Gasteiger partial charge in [-0.1, -0.05) is 6.07 Å². The molecule has 1 unspecified atom stereocenters. The molecule has 1 heterocycles. The summed E-state index contributed by atoms with van der Waals surface area (Å²) >= 11 is 0. The summed E-state index contributed by atoms with van der Waals surface area (Å²) in [5, 5.41) is 9.33. The monoisotopic (exact) mass is 242 g/mol. The molecular formula is C10H14N2O3S. The number of benzene rings is 1. The van der Waals surface area contributed by atoms with Crippen LogP contribution in [0.2, 0.25) is 0 Å². The van der Waals surface area contributed by atoms with Gasteiger partial charge in [-0.3, -0.25) is 0 Å². The molecule has 0 saturated carbocycles. The molecule has 3 N–H and O–H groups in total. The molecule has 1 aliphatic rings. The molecule has 1 fully saturated rings. The van der Waals surface area contributed by atoms with E-state index in [1.54, 1.807) is 12.1 Å². The van der Waals surface area contributed by atoms with Crippen LogP contribution in [0.1, 0.15) is 6.42 Å². The maximum atomic E-state index is 12.1. The van der Waals surface area contributed by atoms with E-state index in [1.807, 2.05) is 0 Å². The SMILES string of the molecule is Nc1cccc(S(=O)(=O)N2CCC(O)C2)c1. The minimum atomic E-state index is -3.50. The minimum absolute atomic E-state index is 0.164. The quantitative estimate of drug-likeness (QED) is 0.716. The van der Waals surface area contributed by atoms with Crippen LogP contribution >= 0.6 is 0 Å². The van der Waals surface area contributed by atoms with E-state index in [0.29, 0.717) is 18.7 Å². The third-order valence-electron chi connectivity index (χ3n) is 2.62. The molecule has 2 rings (SSSR count). The van der Waals surface area contributed by atoms with Gasteiger partial charge in [0.15, 0.2) is 0 Å². The lowest BCUT2D eigenvalue weighted by atomic mass is 10.3. The summed E-state index contributed by atoms with van der Waals surface area (Å²) in [7, 11) is -3.50. The lowest BCUT2D eigenvalue weighted by Gasteiger charge is -2.15. The summed E-state index contributed by atoms with van der Waals surface area (Å²) in [6.07, 6.45) is -0.0718. The van der Waals surface area contributed by atoms with Crippen LogP contribution in [0.5, 0.6) is 0 Å². The highest BCUT2D eigenvalue weighted by molar-refractivity contribution is 7.89. The molecule has 1 aliphatic heterocycles. The molecular weight excluding hydrogens is 228 g/mol. The zero-order chi connectivity index (χ0) is 11.8. The van der Waals surface area contributed by atoms with Gasteiger partial charge in [0.2, 0.25) is 10.0 Å². The molecule has 0 bridgehead atoms. The number of β-amino-alcohol motifs (C(OH)–C–C–N with tert-alkyl or cyclic N) is 1. The van der Waals surface area contributed by atoms with E-state index in [2.05, 4.69) is 0 Å². The Hall–Kier alpha value is -1.11. The van der Waals surface area contributed by atoms with Gasteiger partial charge in [-0.2, -0.15) is 4.31 Å². The zero-order valence-electron chi connectivity index (χ0n) is 8.70. The van der Waals surface area contributed by atoms with E-state index in [4.69, 9.17) is 5.73 Å². The van der Waals surface area contributed by atoms with Gasteiger partial charge in [-0.25, -0.2) is 8.42 Å². The third kappa shape index (κ3) is 2.04. The van der Waals surface area contributed by atoms with Crippen molar-refractivity contribution in [1.29, 1.82) is 0 Å². The predicted molar refractivity (Wildman–Crippen MR) is 60.2 cm³/mol. The Kier molecular flexibility index (Phi) is 2.88. The first-order chi connectivity index (χ1) is 7.50. The number of hydrogen-bond acceptors (Lipinski definition) is 4. The predicted octanol–water partition coefficient (Wildman–Crippen LogP) is 0.0241. The number of nitrogens with zero attached hydrogens (tertiary/aromatic N) is 1. The van der Waals surface area contributed by atoms with Gasteiger partial charge in [0.05, 0.1) is 11.0 Å². The average Bonchev–Trinajstić information content (AvgIpc) is 2.65. The third-order valence-corrected chi connectivity index (χ3v) is 4.48. The van der Waals surface area contributed by atoms with Crippen LogP contribution in [0.3, 0.4) is 0 Å². The Morgan fingerprint density at radius 2 is 2.19 bits per heavy atom. The fraction of sp³-hybridized carbons (Fsp3) is 0.400. The second kappa shape index (κ2) is 4.04. The first kappa shape index (κ1) is 11.4. The van der Waals surface area contributed by atoms with Crippen molar-refractivity contribution in [3.8, 4) is 0 Å². The van der Waals surface area contributed by atoms with E-state index in [9.17, 15) is 13.5 Å². The second-order valence-corrected chi connectivity index (χ2v) is 5.82. The standard InChI is InChI=1S/C10H14N2O3S/c11-8-2-1-3-10(6-8)16(14,15)12-5-4-9(13)7-12/h1-3,6,9,13H,4-5,7,11H2. The summed E-state index contributed by atoms with van der Waals surface area (Å²) < 4.78 is 25.5. The molecule has 6 heteroatoms. The summed E-state index contributed by atoms with van der Waals surface area (Å²) in [5.41, 5.74) is 5.97. The molecule has 1 aromatic carbocycles. The van der Waals surface area contributed by atoms with Crippen LogP contribution in [0, 0.1) is 0 Å². The van der Waals surface area contributed by atoms with Crippen molar-refractivity contribution < 1.29 is 13.5 Å². The van der Waals surface area contributed by atoms with E-state index in [1.165, 1.54) is 16.4 Å². The van der Waals surface area contributed by atoms with Crippen LogP contribution < -0.4 is 5.73 Å². The summed E-state index contributed by atoms with van der Waals surface area (Å²) in [6.45, 7) is 0.523. The summed E-state index contributed by atoms with van der Waals surface area (Å²) in [5.74, 6) is 0. The fourth-order valence-corrected chi connectivity index (χ4v) is 3.30. The van der Waals surface area contributed by atoms with Gasteiger partial charge < -0.3 is 10.8 Å². The highest BCUT2D eigenvalue weighted by atomic mass is 32.2. The molecule has 0 radical (unpaired) electrons. The van der Waals surface area contributed by atoms with Gasteiger partial charge in [0, 0.05) is 18.8 Å². The lowest BCUT2D eigenvalue weighted by molar-refractivity contribution is 0.189. The van der Waals surface area contributed by atoms with E-state index < -0.39 is 16.1 Å². The Balaban J connectivity index is 2.32. The van der Waals surface area contributed by atoms with Crippen molar-refractivity contribution in [2.75, 3.05) is 18.8 Å². The minimum Gasteiger partial charge on any atom is -0.399 e. The fourth-order valence-electron chi connectivity index (χ4n) is 1.75. The Bertz CT molecular complexity index is 487. The van der Waals surface area contributed by atoms with E-state index in [-0.39, 0.29) is 11.4 Å². The maximum Gasteiger partial charge on any atom is 0.243 e. The number of aliphatic hydroxyl groups excluding tert-OH is 1. The Morgan fingerprint density at radius 1 is 1.44 bits per heavy atom. The first-order valence-electron chi connectivity index (χ1n) is 5.04. The topological polar surface area (TPSA) is 83.6 Å². The molecule has 1 saturated heterocycles. The molecule has 5 nitrogen and oxygen atoms in total. The number of rotatable bonds is 2. The van der Waals surface area contributed by atoms with Gasteiger partial charge in [-0.05, 0) is 24.6 Å². The molecule has 1 aromatic rings. The number of sulfonamides is 1. The molecule has 0 amide bonds. The molecule has 0 aliphatic carbocycles. The Labute approximate surface area is 94.5 Å². The van der Waals surface area contributed by atoms with E-state index in [0.717, 1.165) is 0 Å². The normalized spacial score (nSPS) is 22.4. The van der Waals surface area contributed by atoms with Crippen molar-refractivity contribution in [3.05, 3.63) is 24.3 Å². The summed E-state index contributed by atoms with van der Waals surface area (Å²) in [4.78, 5) is 0.182. The number of nitrogen functional groups attached to an aromatic ring is 1. The molecule has 0 spiro atoms.